The molecule has 4 saturated carbocycles. The number of amides is 4. The smallest absolute Gasteiger partial charge is 0.238 e. The number of hydrogen-bond acceptors (Lipinski definition) is 6. The van der Waals surface area contributed by atoms with E-state index in [9.17, 15) is 28.8 Å². The number of ketones is 2. The average Bonchev–Trinajstić information content (AvgIpc) is 3.50. The van der Waals surface area contributed by atoms with Crippen LogP contribution in [0, 0.1) is 45.3 Å². The van der Waals surface area contributed by atoms with Crippen LogP contribution < -0.4 is 9.80 Å². The number of benzene rings is 1. The van der Waals surface area contributed by atoms with Crippen molar-refractivity contribution in [2.45, 2.75) is 53.4 Å². The number of hydrogen-bond donors (Lipinski definition) is 0. The van der Waals surface area contributed by atoms with Gasteiger partial charge in [0, 0.05) is 23.7 Å². The summed E-state index contributed by atoms with van der Waals surface area (Å²) >= 11 is 0. The highest BCUT2D eigenvalue weighted by molar-refractivity contribution is 6.26. The standard InChI is InChI=1S/C28H28N2O6/c1-25-9-15(31)27(3,11-25)19-17(25)21(33)29(23(19)35)13-5-7-14(8-6-13)30-22(34)18-20(24(30)36)28(4)12-26(18,2)10-16(28)32/h5-8,17-20H,9-12H2,1-4H3/t17-,18+,19-,20+,25-,26-,27+,28-/m0/s1. The minimum Gasteiger partial charge on any atom is -0.299 e. The van der Waals surface area contributed by atoms with Crippen LogP contribution in [-0.2, 0) is 28.8 Å². The molecule has 186 valence electrons. The van der Waals surface area contributed by atoms with E-state index in [0.717, 1.165) is 0 Å². The van der Waals surface area contributed by atoms with Crippen molar-refractivity contribution < 1.29 is 28.8 Å². The molecule has 8 atom stereocenters. The van der Waals surface area contributed by atoms with Gasteiger partial charge in [0.25, 0.3) is 0 Å². The third-order valence-corrected chi connectivity index (χ3v) is 10.8. The molecule has 7 rings (SSSR count). The third kappa shape index (κ3) is 2.16. The molecule has 36 heavy (non-hydrogen) atoms. The molecule has 1 aromatic carbocycles. The van der Waals surface area contributed by atoms with Gasteiger partial charge >= 0.3 is 0 Å². The summed E-state index contributed by atoms with van der Waals surface area (Å²) in [6.45, 7) is 7.48. The van der Waals surface area contributed by atoms with E-state index < -0.39 is 45.3 Å². The van der Waals surface area contributed by atoms with Crippen LogP contribution in [0.25, 0.3) is 0 Å². The lowest BCUT2D eigenvalue weighted by molar-refractivity contribution is -0.138. The second kappa shape index (κ2) is 6.03. The van der Waals surface area contributed by atoms with Crippen molar-refractivity contribution in [3.63, 3.8) is 0 Å². The Labute approximate surface area is 208 Å². The Kier molecular flexibility index (Phi) is 3.70. The van der Waals surface area contributed by atoms with Crippen molar-refractivity contribution >= 4 is 46.6 Å². The maximum absolute atomic E-state index is 13.4. The molecule has 4 aliphatic carbocycles. The first-order chi connectivity index (χ1) is 16.8. The van der Waals surface area contributed by atoms with Gasteiger partial charge in [0.05, 0.1) is 35.0 Å². The van der Waals surface area contributed by atoms with Gasteiger partial charge in [-0.25, -0.2) is 0 Å². The van der Waals surface area contributed by atoms with Crippen LogP contribution in [0.5, 0.6) is 0 Å². The molecule has 2 aliphatic heterocycles. The molecule has 0 N–H and O–H groups in total. The Bertz CT molecular complexity index is 1260. The van der Waals surface area contributed by atoms with Gasteiger partial charge in [-0.15, -0.1) is 0 Å². The molecule has 0 unspecified atom stereocenters. The van der Waals surface area contributed by atoms with E-state index >= 15 is 0 Å². The minimum absolute atomic E-state index is 0.0519. The zero-order valence-corrected chi connectivity index (χ0v) is 20.8. The zero-order valence-electron chi connectivity index (χ0n) is 20.8. The van der Waals surface area contributed by atoms with Gasteiger partial charge in [-0.2, -0.15) is 0 Å². The first-order valence-corrected chi connectivity index (χ1v) is 12.7. The van der Waals surface area contributed by atoms with Crippen LogP contribution in [-0.4, -0.2) is 35.2 Å². The number of rotatable bonds is 2. The van der Waals surface area contributed by atoms with E-state index in [1.807, 2.05) is 27.7 Å². The van der Waals surface area contributed by atoms with Gasteiger partial charge in [-0.1, -0.05) is 27.7 Å². The summed E-state index contributed by atoms with van der Waals surface area (Å²) in [6, 6.07) is 6.33. The highest BCUT2D eigenvalue weighted by atomic mass is 16.2. The molecule has 1 aromatic rings. The van der Waals surface area contributed by atoms with Gasteiger partial charge in [-0.05, 0) is 47.9 Å². The minimum atomic E-state index is -0.809. The van der Waals surface area contributed by atoms with E-state index in [1.54, 1.807) is 24.3 Å². The first-order valence-electron chi connectivity index (χ1n) is 12.7. The van der Waals surface area contributed by atoms with Crippen molar-refractivity contribution in [2.75, 3.05) is 9.80 Å². The fourth-order valence-electron chi connectivity index (χ4n) is 9.43. The lowest BCUT2D eigenvalue weighted by Gasteiger charge is -2.30. The Hall–Kier alpha value is -3.16. The summed E-state index contributed by atoms with van der Waals surface area (Å²) in [5, 5.41) is 0. The molecule has 6 fully saturated rings. The topological polar surface area (TPSA) is 109 Å². The first kappa shape index (κ1) is 22.1. The van der Waals surface area contributed by atoms with Crippen molar-refractivity contribution in [3.8, 4) is 0 Å². The predicted octanol–water partition coefficient (Wildman–Crippen LogP) is 2.68. The maximum Gasteiger partial charge on any atom is 0.238 e. The molecule has 6 aliphatic rings. The van der Waals surface area contributed by atoms with Crippen molar-refractivity contribution in [2.24, 2.45) is 45.3 Å². The second-order valence-electron chi connectivity index (χ2n) is 13.1. The molecule has 4 amide bonds. The highest BCUT2D eigenvalue weighted by Crippen LogP contribution is 2.69. The number of carbonyl (C=O) groups excluding carboxylic acids is 6. The normalized spacial score (nSPS) is 46.6. The van der Waals surface area contributed by atoms with Crippen molar-refractivity contribution in [1.82, 2.24) is 0 Å². The second-order valence-corrected chi connectivity index (χ2v) is 13.1. The van der Waals surface area contributed by atoms with Crippen LogP contribution in [0.4, 0.5) is 11.4 Å². The van der Waals surface area contributed by atoms with E-state index in [0.29, 0.717) is 37.1 Å². The van der Waals surface area contributed by atoms with Crippen molar-refractivity contribution in [3.05, 3.63) is 24.3 Å². The number of Topliss-reactive ketones (excluding diaryl/α,β-unsaturated/α-hetero) is 2. The quantitative estimate of drug-likeness (QED) is 0.592. The van der Waals surface area contributed by atoms with E-state index in [2.05, 4.69) is 0 Å². The SMILES string of the molecule is C[C@]12CC(=O)[C@@](C)(C1)[C@@H]1C(=O)N(c3ccc(N4C(=O)[C@H]5[C@H](C4=O)[C@@]4(C)C[C@]5(C)CC4=O)cc3)C(=O)[C@H]12. The Morgan fingerprint density at radius 3 is 1.19 bits per heavy atom. The molecule has 0 spiro atoms. The molecular weight excluding hydrogens is 460 g/mol. The Morgan fingerprint density at radius 1 is 0.556 bits per heavy atom. The van der Waals surface area contributed by atoms with Crippen LogP contribution in [0.15, 0.2) is 24.3 Å². The molecule has 8 heteroatoms. The lowest BCUT2D eigenvalue weighted by Crippen LogP contribution is -2.40. The van der Waals surface area contributed by atoms with Crippen LogP contribution >= 0.6 is 0 Å². The summed E-state index contributed by atoms with van der Waals surface area (Å²) < 4.78 is 0. The Balaban J connectivity index is 1.21. The van der Waals surface area contributed by atoms with Crippen LogP contribution in [0.1, 0.15) is 53.4 Å². The van der Waals surface area contributed by atoms with E-state index in [-0.39, 0.29) is 35.2 Å². The number of anilines is 2. The highest BCUT2D eigenvalue weighted by Gasteiger charge is 2.75. The molecule has 2 saturated heterocycles. The average molecular weight is 489 g/mol. The number of imide groups is 2. The number of fused-ring (bicyclic) bond motifs is 10. The summed E-state index contributed by atoms with van der Waals surface area (Å²) in [5.74, 6) is -3.48. The lowest BCUT2D eigenvalue weighted by atomic mass is 9.68. The summed E-state index contributed by atoms with van der Waals surface area (Å²) in [4.78, 5) is 81.5. The monoisotopic (exact) mass is 488 g/mol. The van der Waals surface area contributed by atoms with Crippen LogP contribution in [0.3, 0.4) is 0 Å². The molecule has 8 nitrogen and oxygen atoms in total. The molecule has 0 radical (unpaired) electrons. The summed E-state index contributed by atoms with van der Waals surface area (Å²) in [5.41, 5.74) is -1.89. The van der Waals surface area contributed by atoms with Crippen molar-refractivity contribution in [1.29, 1.82) is 0 Å². The molecule has 4 bridgehead atoms. The van der Waals surface area contributed by atoms with Gasteiger partial charge < -0.3 is 0 Å². The maximum atomic E-state index is 13.4. The number of carbonyl (C=O) groups is 6. The van der Waals surface area contributed by atoms with E-state index in [4.69, 9.17) is 0 Å². The van der Waals surface area contributed by atoms with Gasteiger partial charge in [-0.3, -0.25) is 38.6 Å². The third-order valence-electron chi connectivity index (χ3n) is 10.8. The number of nitrogens with zero attached hydrogens (tertiary/aromatic N) is 2. The predicted molar refractivity (Wildman–Crippen MR) is 126 cm³/mol. The van der Waals surface area contributed by atoms with Gasteiger partial charge in [0.1, 0.15) is 11.6 Å². The fourth-order valence-corrected chi connectivity index (χ4v) is 9.43. The molecule has 0 aromatic heterocycles. The summed E-state index contributed by atoms with van der Waals surface area (Å²) in [6.07, 6.45) is 1.75. The largest absolute Gasteiger partial charge is 0.299 e. The van der Waals surface area contributed by atoms with E-state index in [1.165, 1.54) is 9.80 Å². The molecule has 2 heterocycles. The fraction of sp³-hybridized carbons (Fsp3) is 0.571. The molecular formula is C28H28N2O6. The Morgan fingerprint density at radius 2 is 0.861 bits per heavy atom. The van der Waals surface area contributed by atoms with Gasteiger partial charge in [0.2, 0.25) is 23.6 Å². The zero-order chi connectivity index (χ0) is 25.7. The van der Waals surface area contributed by atoms with Gasteiger partial charge in [0.15, 0.2) is 0 Å². The van der Waals surface area contributed by atoms with Crippen LogP contribution in [0.2, 0.25) is 0 Å². The summed E-state index contributed by atoms with van der Waals surface area (Å²) in [7, 11) is 0.